The van der Waals surface area contributed by atoms with Gasteiger partial charge in [-0.05, 0) is 89.9 Å². The molecule has 4 aliphatic rings. The number of hydrogen-bond donors (Lipinski definition) is 2. The fourth-order valence-electron chi connectivity index (χ4n) is 9.04. The Hall–Kier alpha value is -3.74. The van der Waals surface area contributed by atoms with Gasteiger partial charge in [0.15, 0.2) is 0 Å². The smallest absolute Gasteiger partial charge is 0.326 e. The minimum Gasteiger partial charge on any atom is -0.480 e. The normalized spacial score (nSPS) is 31.3. The summed E-state index contributed by atoms with van der Waals surface area (Å²) in [6, 6.07) is 12.4. The lowest BCUT2D eigenvalue weighted by atomic mass is 9.47. The van der Waals surface area contributed by atoms with Gasteiger partial charge in [0.2, 0.25) is 5.91 Å². The second kappa shape index (κ2) is 12.3. The van der Waals surface area contributed by atoms with Crippen molar-refractivity contribution in [2.75, 3.05) is 0 Å². The molecule has 0 spiro atoms. The van der Waals surface area contributed by atoms with Gasteiger partial charge >= 0.3 is 11.9 Å². The van der Waals surface area contributed by atoms with Gasteiger partial charge in [-0.2, -0.15) is 0 Å². The van der Waals surface area contributed by atoms with Crippen molar-refractivity contribution in [3.63, 3.8) is 0 Å². The Morgan fingerprint density at radius 2 is 1.77 bits per heavy atom. The number of carboxylic acid groups (broad SMARTS) is 1. The number of carboxylic acids is 1. The van der Waals surface area contributed by atoms with Crippen molar-refractivity contribution in [1.82, 2.24) is 10.3 Å². The number of esters is 1. The predicted octanol–water partition coefficient (Wildman–Crippen LogP) is 6.54. The van der Waals surface area contributed by atoms with Crippen LogP contribution in [0.1, 0.15) is 82.8 Å². The summed E-state index contributed by atoms with van der Waals surface area (Å²) in [6.45, 7) is 4.92. The van der Waals surface area contributed by atoms with Crippen molar-refractivity contribution in [2.24, 2.45) is 28.6 Å². The predicted molar refractivity (Wildman–Crippen MR) is 168 cm³/mol. The molecule has 6 rings (SSSR count). The van der Waals surface area contributed by atoms with E-state index in [9.17, 15) is 19.5 Å². The number of aromatic nitrogens is 1. The van der Waals surface area contributed by atoms with Crippen molar-refractivity contribution < 1.29 is 24.2 Å². The monoisotopic (exact) mass is 596 g/mol. The molecule has 1 amide bonds. The molecule has 7 nitrogen and oxygen atoms in total. The van der Waals surface area contributed by atoms with Crippen LogP contribution in [-0.4, -0.2) is 40.1 Å². The van der Waals surface area contributed by atoms with E-state index in [-0.39, 0.29) is 36.2 Å². The number of allylic oxidation sites excluding steroid dienone is 3. The van der Waals surface area contributed by atoms with Crippen molar-refractivity contribution in [2.45, 2.75) is 90.2 Å². The summed E-state index contributed by atoms with van der Waals surface area (Å²) >= 11 is 0. The summed E-state index contributed by atoms with van der Waals surface area (Å²) in [5, 5.41) is 12.1. The maximum Gasteiger partial charge on any atom is 0.326 e. The standard InChI is InChI=1S/C37H44N2O5/c1-36-18-16-27(44-34(41)15-14-33(40)39-32(35(42)43)21-24-7-4-3-5-8-24)22-26(36)10-11-28-30-13-12-29(25-9-6-20-38-23-25)37(30,2)19-17-31(28)36/h3-10,12,20,23,27-28,30-32H,11,13-19,21-22H2,1-2H3,(H,39,40)(H,42,43)/t27-,28-,30-,31-,32-,36-,37+/m0/s1. The number of hydrogen-bond acceptors (Lipinski definition) is 5. The quantitative estimate of drug-likeness (QED) is 0.252. The van der Waals surface area contributed by atoms with Crippen LogP contribution in [0.25, 0.3) is 5.57 Å². The van der Waals surface area contributed by atoms with Crippen molar-refractivity contribution >= 4 is 23.4 Å². The maximum absolute atomic E-state index is 12.8. The Bertz CT molecular complexity index is 1450. The molecule has 2 fully saturated rings. The van der Waals surface area contributed by atoms with Crippen molar-refractivity contribution in [3.05, 3.63) is 83.7 Å². The number of ether oxygens (including phenoxy) is 1. The molecule has 7 heteroatoms. The van der Waals surface area contributed by atoms with Crippen LogP contribution in [0.4, 0.5) is 0 Å². The van der Waals surface area contributed by atoms with E-state index < -0.39 is 23.9 Å². The van der Waals surface area contributed by atoms with Crippen LogP contribution >= 0.6 is 0 Å². The molecule has 2 aromatic rings. The third-order valence-corrected chi connectivity index (χ3v) is 11.4. The first-order chi connectivity index (χ1) is 21.2. The van der Waals surface area contributed by atoms with Gasteiger partial charge in [0.25, 0.3) is 0 Å². The third-order valence-electron chi connectivity index (χ3n) is 11.4. The van der Waals surface area contributed by atoms with E-state index in [1.165, 1.54) is 29.6 Å². The molecule has 2 saturated carbocycles. The molecule has 0 saturated heterocycles. The largest absolute Gasteiger partial charge is 0.480 e. The summed E-state index contributed by atoms with van der Waals surface area (Å²) in [6.07, 6.45) is 15.9. The Morgan fingerprint density at radius 3 is 2.52 bits per heavy atom. The van der Waals surface area contributed by atoms with Crippen LogP contribution in [0.2, 0.25) is 0 Å². The zero-order valence-electron chi connectivity index (χ0n) is 25.8. The minimum absolute atomic E-state index is 0.0620. The topological polar surface area (TPSA) is 106 Å². The van der Waals surface area contributed by atoms with Crippen LogP contribution < -0.4 is 5.32 Å². The third kappa shape index (κ3) is 5.85. The highest BCUT2D eigenvalue weighted by Crippen LogP contribution is 2.66. The summed E-state index contributed by atoms with van der Waals surface area (Å²) in [7, 11) is 0. The fraction of sp³-hybridized carbons (Fsp3) is 0.514. The molecule has 0 aliphatic heterocycles. The van der Waals surface area contributed by atoms with E-state index in [1.807, 2.05) is 48.8 Å². The Balaban J connectivity index is 1.02. The lowest BCUT2D eigenvalue weighted by molar-refractivity contribution is -0.152. The zero-order valence-corrected chi connectivity index (χ0v) is 25.8. The zero-order chi connectivity index (χ0) is 30.9. The summed E-state index contributed by atoms with van der Waals surface area (Å²) < 4.78 is 5.88. The molecule has 2 N–H and O–H groups in total. The van der Waals surface area contributed by atoms with Gasteiger partial charge in [-0.1, -0.05) is 68.0 Å². The van der Waals surface area contributed by atoms with Gasteiger partial charge < -0.3 is 15.2 Å². The summed E-state index contributed by atoms with van der Waals surface area (Å²) in [5.74, 6) is -0.0195. The number of pyridine rings is 1. The van der Waals surface area contributed by atoms with Gasteiger partial charge in [0, 0.05) is 31.7 Å². The number of rotatable bonds is 9. The first kappa shape index (κ1) is 30.3. The molecule has 1 heterocycles. The fourth-order valence-corrected chi connectivity index (χ4v) is 9.04. The number of nitrogens with zero attached hydrogens (tertiary/aromatic N) is 1. The molecule has 4 aliphatic carbocycles. The van der Waals surface area contributed by atoms with Gasteiger partial charge in [0.05, 0.1) is 6.42 Å². The number of benzene rings is 1. The van der Waals surface area contributed by atoms with E-state index in [1.54, 1.807) is 0 Å². The van der Waals surface area contributed by atoms with Gasteiger partial charge in [-0.25, -0.2) is 4.79 Å². The molecule has 7 atom stereocenters. The van der Waals surface area contributed by atoms with Gasteiger partial charge in [-0.15, -0.1) is 0 Å². The minimum atomic E-state index is -1.10. The molecule has 1 aromatic carbocycles. The van der Waals surface area contributed by atoms with E-state index in [2.05, 4.69) is 42.4 Å². The first-order valence-corrected chi connectivity index (χ1v) is 16.2. The van der Waals surface area contributed by atoms with Crippen molar-refractivity contribution in [1.29, 1.82) is 0 Å². The van der Waals surface area contributed by atoms with Crippen LogP contribution in [0.15, 0.2) is 72.6 Å². The van der Waals surface area contributed by atoms with Crippen LogP contribution in [0, 0.1) is 28.6 Å². The SMILES string of the molecule is C[C@]12CC[C@H](OC(=O)CCC(=O)N[C@@H](Cc3ccccc3)C(=O)O)CC1=CC[C@@H]1[C@@H]2CC[C@]2(C)C(c3cccnc3)=CC[C@@H]12. The maximum atomic E-state index is 12.8. The molecule has 0 radical (unpaired) electrons. The van der Waals surface area contributed by atoms with E-state index in [0.29, 0.717) is 17.8 Å². The summed E-state index contributed by atoms with van der Waals surface area (Å²) in [4.78, 5) is 41.4. The van der Waals surface area contributed by atoms with Crippen molar-refractivity contribution in [3.8, 4) is 0 Å². The van der Waals surface area contributed by atoms with Gasteiger partial charge in [0.1, 0.15) is 12.1 Å². The number of nitrogens with one attached hydrogen (secondary N) is 1. The highest BCUT2D eigenvalue weighted by atomic mass is 16.5. The molecule has 232 valence electrons. The average molecular weight is 597 g/mol. The second-order valence-corrected chi connectivity index (χ2v) is 13.8. The molecule has 0 unspecified atom stereocenters. The number of carbonyl (C=O) groups excluding carboxylic acids is 2. The highest BCUT2D eigenvalue weighted by Gasteiger charge is 2.57. The van der Waals surface area contributed by atoms with E-state index in [4.69, 9.17) is 4.74 Å². The highest BCUT2D eigenvalue weighted by molar-refractivity contribution is 5.86. The lowest BCUT2D eigenvalue weighted by Crippen LogP contribution is -2.50. The number of carbonyl (C=O) groups is 3. The molecular weight excluding hydrogens is 552 g/mol. The number of amides is 1. The molecule has 44 heavy (non-hydrogen) atoms. The van der Waals surface area contributed by atoms with Gasteiger partial charge in [-0.3, -0.25) is 14.6 Å². The molecule has 0 bridgehead atoms. The second-order valence-electron chi connectivity index (χ2n) is 13.8. The van der Waals surface area contributed by atoms with Crippen LogP contribution in [-0.2, 0) is 25.5 Å². The Morgan fingerprint density at radius 1 is 0.977 bits per heavy atom. The summed E-state index contributed by atoms with van der Waals surface area (Å²) in [5.41, 5.74) is 5.33. The van der Waals surface area contributed by atoms with E-state index in [0.717, 1.165) is 37.7 Å². The van der Waals surface area contributed by atoms with Crippen LogP contribution in [0.3, 0.4) is 0 Å². The Labute approximate surface area is 260 Å². The number of aliphatic carboxylic acids is 1. The number of fused-ring (bicyclic) bond motifs is 5. The average Bonchev–Trinajstić information content (AvgIpc) is 3.38. The first-order valence-electron chi connectivity index (χ1n) is 16.2. The molecule has 1 aromatic heterocycles. The van der Waals surface area contributed by atoms with Crippen LogP contribution in [0.5, 0.6) is 0 Å². The lowest BCUT2D eigenvalue weighted by Gasteiger charge is -2.57. The molecular formula is C37H44N2O5. The Kier molecular flexibility index (Phi) is 8.49. The van der Waals surface area contributed by atoms with E-state index >= 15 is 0 Å².